The van der Waals surface area contributed by atoms with E-state index >= 15 is 0 Å². The Bertz CT molecular complexity index is 919. The van der Waals surface area contributed by atoms with Crippen molar-refractivity contribution in [2.75, 3.05) is 5.32 Å². The molecule has 5 nitrogen and oxygen atoms in total. The smallest absolute Gasteiger partial charge is 0.323 e. The molecule has 1 heterocycles. The van der Waals surface area contributed by atoms with Crippen molar-refractivity contribution in [3.8, 4) is 0 Å². The Balaban J connectivity index is 1.72. The number of halogens is 1. The Hall–Kier alpha value is -1.99. The van der Waals surface area contributed by atoms with Gasteiger partial charge in [-0.2, -0.15) is 0 Å². The molecule has 0 aliphatic carbocycles. The van der Waals surface area contributed by atoms with Crippen LogP contribution < -0.4 is 11.0 Å². The van der Waals surface area contributed by atoms with Crippen molar-refractivity contribution in [1.29, 1.82) is 0 Å². The van der Waals surface area contributed by atoms with Crippen LogP contribution in [0.4, 0.5) is 5.69 Å². The number of aromatic amines is 2. The summed E-state index contributed by atoms with van der Waals surface area (Å²) >= 11 is 4.96. The van der Waals surface area contributed by atoms with E-state index in [2.05, 4.69) is 31.2 Å². The Labute approximate surface area is 145 Å². The topological polar surface area (TPSA) is 77.8 Å². The molecule has 3 N–H and O–H groups in total. The fourth-order valence-electron chi connectivity index (χ4n) is 2.14. The molecule has 3 rings (SSSR count). The number of amides is 1. The minimum Gasteiger partial charge on any atom is -0.325 e. The van der Waals surface area contributed by atoms with Crippen LogP contribution in [-0.4, -0.2) is 21.1 Å². The number of imidazole rings is 1. The van der Waals surface area contributed by atoms with Crippen LogP contribution in [0.25, 0.3) is 11.0 Å². The molecule has 1 atom stereocenters. The van der Waals surface area contributed by atoms with E-state index in [1.807, 2.05) is 31.2 Å². The first kappa shape index (κ1) is 15.9. The largest absolute Gasteiger partial charge is 0.325 e. The molecule has 7 heteroatoms. The van der Waals surface area contributed by atoms with E-state index < -0.39 is 0 Å². The molecular weight excluding hydrogens is 378 g/mol. The van der Waals surface area contributed by atoms with Gasteiger partial charge < -0.3 is 15.3 Å². The average molecular weight is 392 g/mol. The summed E-state index contributed by atoms with van der Waals surface area (Å²) in [4.78, 5) is 30.0. The molecule has 0 saturated heterocycles. The van der Waals surface area contributed by atoms with E-state index in [0.717, 1.165) is 9.37 Å². The fourth-order valence-corrected chi connectivity index (χ4v) is 3.59. The number of aromatic nitrogens is 2. The highest BCUT2D eigenvalue weighted by molar-refractivity contribution is 9.10. The Morgan fingerprint density at radius 2 is 1.91 bits per heavy atom. The van der Waals surface area contributed by atoms with Crippen LogP contribution in [0.5, 0.6) is 0 Å². The number of hydrogen-bond acceptors (Lipinski definition) is 3. The number of carbonyl (C=O) groups is 1. The van der Waals surface area contributed by atoms with E-state index in [1.165, 1.54) is 11.8 Å². The highest BCUT2D eigenvalue weighted by Gasteiger charge is 2.16. The van der Waals surface area contributed by atoms with Gasteiger partial charge in [-0.1, -0.05) is 12.1 Å². The number of anilines is 1. The molecule has 118 valence electrons. The summed E-state index contributed by atoms with van der Waals surface area (Å²) in [5.41, 5.74) is 1.77. The van der Waals surface area contributed by atoms with E-state index in [4.69, 9.17) is 0 Å². The first-order chi connectivity index (χ1) is 11.0. The number of thioether (sulfide) groups is 1. The van der Waals surface area contributed by atoms with Crippen LogP contribution in [0.2, 0.25) is 0 Å². The van der Waals surface area contributed by atoms with Gasteiger partial charge in [-0.25, -0.2) is 4.79 Å². The maximum atomic E-state index is 12.3. The van der Waals surface area contributed by atoms with Crippen molar-refractivity contribution >= 4 is 50.3 Å². The number of rotatable bonds is 4. The highest BCUT2D eigenvalue weighted by atomic mass is 79.9. The lowest BCUT2D eigenvalue weighted by molar-refractivity contribution is -0.115. The van der Waals surface area contributed by atoms with E-state index in [-0.39, 0.29) is 16.8 Å². The van der Waals surface area contributed by atoms with Gasteiger partial charge in [0.25, 0.3) is 0 Å². The molecule has 0 aliphatic rings. The van der Waals surface area contributed by atoms with E-state index in [9.17, 15) is 9.59 Å². The predicted octanol–water partition coefficient (Wildman–Crippen LogP) is 3.74. The molecule has 1 aromatic heterocycles. The minimum absolute atomic E-state index is 0.0945. The summed E-state index contributed by atoms with van der Waals surface area (Å²) in [6, 6.07) is 13.0. The molecule has 2 aromatic carbocycles. The molecule has 1 unspecified atom stereocenters. The number of carbonyl (C=O) groups excluding carboxylic acids is 1. The van der Waals surface area contributed by atoms with Crippen molar-refractivity contribution in [2.45, 2.75) is 17.1 Å². The standard InChI is InChI=1S/C16H14BrN3O2S/c1-9(23-14-5-3-2-4-11(14)17)15(21)18-10-6-7-12-13(8-10)20-16(22)19-12/h2-9H,1H3,(H,18,21)(H2,19,20,22). The lowest BCUT2D eigenvalue weighted by Gasteiger charge is -2.13. The highest BCUT2D eigenvalue weighted by Crippen LogP contribution is 2.30. The second-order valence-corrected chi connectivity index (χ2v) is 7.26. The maximum Gasteiger partial charge on any atom is 0.323 e. The van der Waals surface area contributed by atoms with Crippen molar-refractivity contribution in [1.82, 2.24) is 9.97 Å². The number of H-pyrrole nitrogens is 2. The summed E-state index contributed by atoms with van der Waals surface area (Å²) < 4.78 is 0.968. The fraction of sp³-hybridized carbons (Fsp3) is 0.125. The van der Waals surface area contributed by atoms with Gasteiger partial charge >= 0.3 is 5.69 Å². The normalized spacial score (nSPS) is 12.3. The third-order valence-corrected chi connectivity index (χ3v) is 5.42. The molecule has 0 bridgehead atoms. The summed E-state index contributed by atoms with van der Waals surface area (Å²) in [5.74, 6) is -0.0945. The monoisotopic (exact) mass is 391 g/mol. The van der Waals surface area contributed by atoms with Crippen LogP contribution in [-0.2, 0) is 4.79 Å². The van der Waals surface area contributed by atoms with Gasteiger partial charge in [-0.3, -0.25) is 4.79 Å². The summed E-state index contributed by atoms with van der Waals surface area (Å²) in [6.45, 7) is 1.86. The number of nitrogens with one attached hydrogen (secondary N) is 3. The van der Waals surface area contributed by atoms with E-state index in [0.29, 0.717) is 16.7 Å². The molecular formula is C16H14BrN3O2S. The van der Waals surface area contributed by atoms with Gasteiger partial charge in [-0.05, 0) is 53.2 Å². The third kappa shape index (κ3) is 3.68. The van der Waals surface area contributed by atoms with Crippen LogP contribution in [0.3, 0.4) is 0 Å². The quantitative estimate of drug-likeness (QED) is 0.592. The van der Waals surface area contributed by atoms with Crippen molar-refractivity contribution in [3.63, 3.8) is 0 Å². The minimum atomic E-state index is -0.263. The van der Waals surface area contributed by atoms with Gasteiger partial charge in [0, 0.05) is 15.1 Å². The second kappa shape index (κ2) is 6.64. The molecule has 23 heavy (non-hydrogen) atoms. The average Bonchev–Trinajstić information content (AvgIpc) is 2.88. The molecule has 0 fully saturated rings. The van der Waals surface area contributed by atoms with Crippen LogP contribution in [0.1, 0.15) is 6.92 Å². The lowest BCUT2D eigenvalue weighted by atomic mass is 10.2. The SMILES string of the molecule is CC(Sc1ccccc1Br)C(=O)Nc1ccc2[nH]c(=O)[nH]c2c1. The lowest BCUT2D eigenvalue weighted by Crippen LogP contribution is -2.22. The Morgan fingerprint density at radius 1 is 1.17 bits per heavy atom. The van der Waals surface area contributed by atoms with Crippen molar-refractivity contribution in [3.05, 3.63) is 57.4 Å². The molecule has 0 aliphatic heterocycles. The number of benzene rings is 2. The molecule has 0 spiro atoms. The Morgan fingerprint density at radius 3 is 2.70 bits per heavy atom. The zero-order chi connectivity index (χ0) is 16.4. The van der Waals surface area contributed by atoms with Crippen molar-refractivity contribution < 1.29 is 4.79 Å². The van der Waals surface area contributed by atoms with E-state index in [1.54, 1.807) is 18.2 Å². The van der Waals surface area contributed by atoms with Crippen LogP contribution in [0, 0.1) is 0 Å². The maximum absolute atomic E-state index is 12.3. The molecule has 0 saturated carbocycles. The van der Waals surface area contributed by atoms with Crippen molar-refractivity contribution in [2.24, 2.45) is 0 Å². The molecule has 0 radical (unpaired) electrons. The number of fused-ring (bicyclic) bond motifs is 1. The van der Waals surface area contributed by atoms with Crippen LogP contribution in [0.15, 0.2) is 56.6 Å². The predicted molar refractivity (Wildman–Crippen MR) is 97.0 cm³/mol. The molecule has 1 amide bonds. The first-order valence-electron chi connectivity index (χ1n) is 6.97. The van der Waals surface area contributed by atoms with Gasteiger partial charge in [0.2, 0.25) is 5.91 Å². The zero-order valence-electron chi connectivity index (χ0n) is 12.2. The summed E-state index contributed by atoms with van der Waals surface area (Å²) in [5, 5.41) is 2.62. The van der Waals surface area contributed by atoms with Gasteiger partial charge in [0.05, 0.1) is 16.3 Å². The first-order valence-corrected chi connectivity index (χ1v) is 8.64. The van der Waals surface area contributed by atoms with Gasteiger partial charge in [-0.15, -0.1) is 11.8 Å². The van der Waals surface area contributed by atoms with Crippen LogP contribution >= 0.6 is 27.7 Å². The summed E-state index contributed by atoms with van der Waals surface area (Å²) in [6.07, 6.45) is 0. The van der Waals surface area contributed by atoms with Gasteiger partial charge in [0.1, 0.15) is 0 Å². The van der Waals surface area contributed by atoms with Gasteiger partial charge in [0.15, 0.2) is 0 Å². The zero-order valence-corrected chi connectivity index (χ0v) is 14.6. The number of hydrogen-bond donors (Lipinski definition) is 3. The summed E-state index contributed by atoms with van der Waals surface area (Å²) in [7, 11) is 0. The third-order valence-electron chi connectivity index (χ3n) is 3.29. The second-order valence-electron chi connectivity index (χ2n) is 5.02. The molecule has 3 aromatic rings. The Kier molecular flexibility index (Phi) is 4.58.